The quantitative estimate of drug-likeness (QED) is 0.489. The monoisotopic (exact) mass is 467 g/mol. The van der Waals surface area contributed by atoms with Crippen LogP contribution >= 0.6 is 0 Å². The number of piperazine rings is 1. The molecule has 3 heterocycles. The van der Waals surface area contributed by atoms with Gasteiger partial charge in [0, 0.05) is 37.8 Å². The van der Waals surface area contributed by atoms with Crippen molar-refractivity contribution in [1.29, 1.82) is 0 Å². The third-order valence-corrected chi connectivity index (χ3v) is 6.14. The third-order valence-electron chi connectivity index (χ3n) is 6.14. The summed E-state index contributed by atoms with van der Waals surface area (Å²) >= 11 is 0. The van der Waals surface area contributed by atoms with Crippen molar-refractivity contribution in [1.82, 2.24) is 24.6 Å². The van der Waals surface area contributed by atoms with Gasteiger partial charge >= 0.3 is 0 Å². The normalized spacial score (nSPS) is 14.9. The molecular weight excluding hydrogens is 443 g/mol. The summed E-state index contributed by atoms with van der Waals surface area (Å²) in [7, 11) is 0. The van der Waals surface area contributed by atoms with E-state index < -0.39 is 17.5 Å². The first kappa shape index (κ1) is 22.1. The molecule has 4 aromatic rings. The molecule has 1 aliphatic heterocycles. The Labute approximate surface area is 194 Å². The summed E-state index contributed by atoms with van der Waals surface area (Å²) in [4.78, 5) is 13.6. The molecule has 7 nitrogen and oxygen atoms in total. The molecule has 0 unspecified atom stereocenters. The molecule has 2 aromatic carbocycles. The van der Waals surface area contributed by atoms with Gasteiger partial charge in [-0.15, -0.1) is 5.10 Å². The molecule has 1 saturated heterocycles. The van der Waals surface area contributed by atoms with Crippen LogP contribution in [0, 0.1) is 17.5 Å². The number of nitrogens with two attached hydrogens (primary N) is 1. The number of fused-ring (bicyclic) bond motifs is 1. The topological polar surface area (TPSA) is 76.1 Å². The predicted molar refractivity (Wildman–Crippen MR) is 125 cm³/mol. The highest BCUT2D eigenvalue weighted by Gasteiger charge is 2.26. The summed E-state index contributed by atoms with van der Waals surface area (Å²) in [5.74, 6) is -2.01. The molecule has 34 heavy (non-hydrogen) atoms. The summed E-state index contributed by atoms with van der Waals surface area (Å²) in [6.45, 7) is 7.28. The first-order valence-electron chi connectivity index (χ1n) is 11.1. The zero-order chi connectivity index (χ0) is 24.0. The van der Waals surface area contributed by atoms with E-state index in [-0.39, 0.29) is 28.1 Å². The molecule has 0 radical (unpaired) electrons. The van der Waals surface area contributed by atoms with Crippen molar-refractivity contribution in [3.05, 3.63) is 59.9 Å². The zero-order valence-corrected chi connectivity index (χ0v) is 18.8. The summed E-state index contributed by atoms with van der Waals surface area (Å²) in [5.41, 5.74) is 7.09. The van der Waals surface area contributed by atoms with Gasteiger partial charge in [-0.1, -0.05) is 12.1 Å². The summed E-state index contributed by atoms with van der Waals surface area (Å²) < 4.78 is 44.2. The van der Waals surface area contributed by atoms with E-state index in [2.05, 4.69) is 33.8 Å². The lowest BCUT2D eigenvalue weighted by Gasteiger charge is -2.36. The Morgan fingerprint density at radius 3 is 2.38 bits per heavy atom. The summed E-state index contributed by atoms with van der Waals surface area (Å²) in [6, 6.07) is 10.1. The van der Waals surface area contributed by atoms with Gasteiger partial charge in [-0.2, -0.15) is 4.98 Å². The van der Waals surface area contributed by atoms with E-state index in [4.69, 9.17) is 5.73 Å². The molecule has 1 fully saturated rings. The van der Waals surface area contributed by atoms with Crippen LogP contribution in [0.4, 0.5) is 24.9 Å². The SMILES string of the molecule is CC(C)N1CCN(c2nc(-c3cccc(F)c3F)c3c(N)n(-c4cccc(F)c4)nc3n2)CC1. The van der Waals surface area contributed by atoms with E-state index in [1.807, 2.05) is 4.90 Å². The number of hydrogen-bond acceptors (Lipinski definition) is 6. The van der Waals surface area contributed by atoms with Crippen molar-refractivity contribution in [2.75, 3.05) is 36.8 Å². The Morgan fingerprint density at radius 1 is 0.941 bits per heavy atom. The molecule has 176 valence electrons. The Morgan fingerprint density at radius 2 is 1.68 bits per heavy atom. The molecule has 10 heteroatoms. The zero-order valence-electron chi connectivity index (χ0n) is 18.8. The highest BCUT2D eigenvalue weighted by molar-refractivity contribution is 5.99. The second kappa shape index (κ2) is 8.60. The number of nitrogen functional groups attached to an aromatic ring is 1. The van der Waals surface area contributed by atoms with Crippen LogP contribution in [0.15, 0.2) is 42.5 Å². The average Bonchev–Trinajstić information content (AvgIpc) is 3.17. The van der Waals surface area contributed by atoms with Crippen LogP contribution in [0.1, 0.15) is 13.8 Å². The van der Waals surface area contributed by atoms with Crippen molar-refractivity contribution in [3.8, 4) is 16.9 Å². The number of benzene rings is 2. The maximum atomic E-state index is 14.9. The minimum Gasteiger partial charge on any atom is -0.383 e. The van der Waals surface area contributed by atoms with Gasteiger partial charge in [-0.25, -0.2) is 22.8 Å². The van der Waals surface area contributed by atoms with Crippen LogP contribution in [0.2, 0.25) is 0 Å². The lowest BCUT2D eigenvalue weighted by molar-refractivity contribution is 0.208. The second-order valence-electron chi connectivity index (χ2n) is 8.57. The van der Waals surface area contributed by atoms with Gasteiger partial charge in [0.25, 0.3) is 0 Å². The van der Waals surface area contributed by atoms with E-state index >= 15 is 0 Å². The van der Waals surface area contributed by atoms with Gasteiger partial charge in [0.2, 0.25) is 5.95 Å². The minimum atomic E-state index is -1.03. The van der Waals surface area contributed by atoms with Crippen LogP contribution in [0.25, 0.3) is 28.0 Å². The molecule has 0 amide bonds. The largest absolute Gasteiger partial charge is 0.383 e. The van der Waals surface area contributed by atoms with Gasteiger partial charge in [0.05, 0.1) is 16.8 Å². The smallest absolute Gasteiger partial charge is 0.228 e. The second-order valence-corrected chi connectivity index (χ2v) is 8.57. The molecule has 0 saturated carbocycles. The first-order valence-corrected chi connectivity index (χ1v) is 11.1. The van der Waals surface area contributed by atoms with Crippen molar-refractivity contribution in [2.24, 2.45) is 0 Å². The molecular formula is C24H24F3N7. The van der Waals surface area contributed by atoms with Crippen molar-refractivity contribution >= 4 is 22.8 Å². The van der Waals surface area contributed by atoms with Crippen molar-refractivity contribution < 1.29 is 13.2 Å². The fourth-order valence-corrected chi connectivity index (χ4v) is 4.27. The Kier molecular flexibility index (Phi) is 5.60. The maximum Gasteiger partial charge on any atom is 0.228 e. The standard InChI is InChI=1S/C24H24F3N7/c1-14(2)32-9-11-33(12-10-32)24-29-21(17-7-4-8-18(26)20(17)27)19-22(28)34(31-23(19)30-24)16-6-3-5-15(25)13-16/h3-8,13-14H,9-12,28H2,1-2H3. The van der Waals surface area contributed by atoms with Gasteiger partial charge < -0.3 is 10.6 Å². The molecule has 0 bridgehead atoms. The highest BCUT2D eigenvalue weighted by Crippen LogP contribution is 2.35. The molecule has 0 atom stereocenters. The lowest BCUT2D eigenvalue weighted by atomic mass is 10.1. The van der Waals surface area contributed by atoms with Gasteiger partial charge in [-0.3, -0.25) is 4.90 Å². The Hall–Kier alpha value is -3.66. The number of aromatic nitrogens is 4. The van der Waals surface area contributed by atoms with Crippen LogP contribution in [0.5, 0.6) is 0 Å². The number of nitrogens with zero attached hydrogens (tertiary/aromatic N) is 6. The minimum absolute atomic E-state index is 0.0417. The summed E-state index contributed by atoms with van der Waals surface area (Å²) in [5, 5.41) is 4.76. The Balaban J connectivity index is 1.69. The number of rotatable bonds is 4. The summed E-state index contributed by atoms with van der Waals surface area (Å²) in [6.07, 6.45) is 0. The fraction of sp³-hybridized carbons (Fsp3) is 0.292. The first-order chi connectivity index (χ1) is 16.3. The average molecular weight is 467 g/mol. The highest BCUT2D eigenvalue weighted by atomic mass is 19.2. The van der Waals surface area contributed by atoms with E-state index in [1.165, 1.54) is 35.0 Å². The number of halogens is 3. The molecule has 2 aromatic heterocycles. The van der Waals surface area contributed by atoms with Crippen LogP contribution in [0.3, 0.4) is 0 Å². The van der Waals surface area contributed by atoms with E-state index in [0.717, 1.165) is 19.2 Å². The number of anilines is 2. The third kappa shape index (κ3) is 3.83. The van der Waals surface area contributed by atoms with Crippen molar-refractivity contribution in [2.45, 2.75) is 19.9 Å². The maximum absolute atomic E-state index is 14.9. The van der Waals surface area contributed by atoms with E-state index in [0.29, 0.717) is 30.8 Å². The predicted octanol–water partition coefficient (Wildman–Crippen LogP) is 4.01. The molecule has 0 spiro atoms. The van der Waals surface area contributed by atoms with E-state index in [1.54, 1.807) is 6.07 Å². The van der Waals surface area contributed by atoms with Gasteiger partial charge in [0.15, 0.2) is 17.3 Å². The number of hydrogen-bond donors (Lipinski definition) is 1. The van der Waals surface area contributed by atoms with Crippen LogP contribution in [-0.4, -0.2) is 56.9 Å². The molecule has 0 aliphatic carbocycles. The van der Waals surface area contributed by atoms with Crippen LogP contribution < -0.4 is 10.6 Å². The molecule has 1 aliphatic rings. The Bertz CT molecular complexity index is 1360. The molecule has 5 rings (SSSR count). The van der Waals surface area contributed by atoms with E-state index in [9.17, 15) is 13.2 Å². The van der Waals surface area contributed by atoms with Crippen LogP contribution in [-0.2, 0) is 0 Å². The van der Waals surface area contributed by atoms with Crippen molar-refractivity contribution in [3.63, 3.8) is 0 Å². The lowest BCUT2D eigenvalue weighted by Crippen LogP contribution is -2.49. The molecule has 2 N–H and O–H groups in total. The fourth-order valence-electron chi connectivity index (χ4n) is 4.27. The van der Waals surface area contributed by atoms with Gasteiger partial charge in [0.1, 0.15) is 11.6 Å². The van der Waals surface area contributed by atoms with Gasteiger partial charge in [-0.05, 0) is 44.2 Å².